The maximum absolute atomic E-state index is 12.3. The number of halogens is 1. The predicted molar refractivity (Wildman–Crippen MR) is 93.4 cm³/mol. The summed E-state index contributed by atoms with van der Waals surface area (Å²) in [5.74, 6) is 0.219. The summed E-state index contributed by atoms with van der Waals surface area (Å²) in [6.45, 7) is 1.82. The van der Waals surface area contributed by atoms with Crippen LogP contribution in [-0.4, -0.2) is 27.7 Å². The summed E-state index contributed by atoms with van der Waals surface area (Å²) in [5.41, 5.74) is 1.22. The molecule has 128 valence electrons. The molecule has 0 heterocycles. The highest BCUT2D eigenvalue weighted by Gasteiger charge is 2.14. The maximum Gasteiger partial charge on any atom is 0.251 e. The van der Waals surface area contributed by atoms with Gasteiger partial charge in [-0.3, -0.25) is 4.79 Å². The molecule has 0 aliphatic rings. The van der Waals surface area contributed by atoms with E-state index in [-0.39, 0.29) is 16.8 Å². The number of amides is 1. The molecule has 0 saturated carbocycles. The van der Waals surface area contributed by atoms with Crippen molar-refractivity contribution in [1.29, 1.82) is 0 Å². The van der Waals surface area contributed by atoms with Gasteiger partial charge in [-0.1, -0.05) is 23.7 Å². The molecule has 2 aromatic carbocycles. The number of hydrogen-bond acceptors (Lipinski definition) is 4. The van der Waals surface area contributed by atoms with E-state index in [4.69, 9.17) is 16.3 Å². The highest BCUT2D eigenvalue weighted by molar-refractivity contribution is 7.90. The molecule has 0 bridgehead atoms. The Kier molecular flexibility index (Phi) is 5.51. The largest absolute Gasteiger partial charge is 0.495 e. The van der Waals surface area contributed by atoms with Crippen LogP contribution in [0.2, 0.25) is 5.02 Å². The van der Waals surface area contributed by atoms with Crippen LogP contribution in [0.3, 0.4) is 0 Å². The van der Waals surface area contributed by atoms with Crippen molar-refractivity contribution in [2.75, 3.05) is 13.4 Å². The molecule has 24 heavy (non-hydrogen) atoms. The van der Waals surface area contributed by atoms with Crippen LogP contribution in [0, 0.1) is 0 Å². The van der Waals surface area contributed by atoms with Crippen LogP contribution in [0.1, 0.15) is 28.9 Å². The molecule has 0 spiro atoms. The molecule has 7 heteroatoms. The Bertz CT molecular complexity index is 847. The maximum atomic E-state index is 12.3. The zero-order valence-electron chi connectivity index (χ0n) is 13.5. The lowest BCUT2D eigenvalue weighted by Gasteiger charge is -2.15. The van der Waals surface area contributed by atoms with Crippen molar-refractivity contribution in [3.8, 4) is 5.75 Å². The van der Waals surface area contributed by atoms with Crippen LogP contribution in [0.25, 0.3) is 0 Å². The van der Waals surface area contributed by atoms with Gasteiger partial charge in [-0.05, 0) is 42.8 Å². The number of ether oxygens (including phenoxy) is 1. The van der Waals surface area contributed by atoms with Gasteiger partial charge in [0, 0.05) is 11.8 Å². The fraction of sp³-hybridized carbons (Fsp3) is 0.235. The van der Waals surface area contributed by atoms with Crippen LogP contribution in [-0.2, 0) is 9.84 Å². The Hall–Kier alpha value is -2.05. The highest BCUT2D eigenvalue weighted by Crippen LogP contribution is 2.25. The van der Waals surface area contributed by atoms with E-state index >= 15 is 0 Å². The van der Waals surface area contributed by atoms with Gasteiger partial charge in [0.15, 0.2) is 9.84 Å². The smallest absolute Gasteiger partial charge is 0.251 e. The first kappa shape index (κ1) is 18.3. The Balaban J connectivity index is 2.12. The first-order valence-corrected chi connectivity index (χ1v) is 9.43. The second-order valence-corrected chi connectivity index (χ2v) is 7.81. The summed E-state index contributed by atoms with van der Waals surface area (Å²) in [7, 11) is -1.73. The second-order valence-electron chi connectivity index (χ2n) is 5.39. The minimum atomic E-state index is -3.24. The third kappa shape index (κ3) is 4.27. The van der Waals surface area contributed by atoms with Gasteiger partial charge in [0.1, 0.15) is 5.75 Å². The second kappa shape index (κ2) is 7.23. The monoisotopic (exact) mass is 367 g/mol. The van der Waals surface area contributed by atoms with E-state index in [2.05, 4.69) is 5.32 Å². The lowest BCUT2D eigenvalue weighted by Crippen LogP contribution is -2.26. The lowest BCUT2D eigenvalue weighted by molar-refractivity contribution is 0.0940. The van der Waals surface area contributed by atoms with Crippen LogP contribution in [0.5, 0.6) is 5.75 Å². The van der Waals surface area contributed by atoms with Crippen molar-refractivity contribution in [2.45, 2.75) is 17.9 Å². The first-order chi connectivity index (χ1) is 11.2. The Morgan fingerprint density at radius 1 is 1.17 bits per heavy atom. The molecule has 0 saturated heterocycles. The quantitative estimate of drug-likeness (QED) is 0.880. The molecule has 1 N–H and O–H groups in total. The van der Waals surface area contributed by atoms with Crippen LogP contribution in [0.15, 0.2) is 47.4 Å². The molecule has 0 fully saturated rings. The molecule has 0 aliphatic heterocycles. The number of nitrogens with one attached hydrogen (secondary N) is 1. The summed E-state index contributed by atoms with van der Waals surface area (Å²) in [6.07, 6.45) is 1.15. The summed E-state index contributed by atoms with van der Waals surface area (Å²) in [6, 6.07) is 10.9. The number of rotatable bonds is 5. The number of benzene rings is 2. The molecule has 0 aromatic heterocycles. The van der Waals surface area contributed by atoms with Gasteiger partial charge in [-0.25, -0.2) is 8.42 Å². The first-order valence-electron chi connectivity index (χ1n) is 7.17. The van der Waals surface area contributed by atoms with E-state index in [1.165, 1.54) is 25.3 Å². The van der Waals surface area contributed by atoms with Gasteiger partial charge in [0.25, 0.3) is 5.91 Å². The summed E-state index contributed by atoms with van der Waals surface area (Å²) in [4.78, 5) is 12.5. The summed E-state index contributed by atoms with van der Waals surface area (Å²) >= 11 is 6.03. The SMILES string of the molecule is COc1ccc(C(=O)NC(C)c2ccc(S(C)(=O)=O)cc2)cc1Cl. The van der Waals surface area contributed by atoms with Crippen LogP contribution in [0.4, 0.5) is 0 Å². The zero-order valence-corrected chi connectivity index (χ0v) is 15.1. The van der Waals surface area contributed by atoms with Gasteiger partial charge in [0.05, 0.1) is 23.1 Å². The number of sulfone groups is 1. The van der Waals surface area contributed by atoms with E-state index in [1.807, 2.05) is 6.92 Å². The molecular weight excluding hydrogens is 350 g/mol. The number of carbonyl (C=O) groups is 1. The van der Waals surface area contributed by atoms with Crippen molar-refractivity contribution >= 4 is 27.3 Å². The average Bonchev–Trinajstić information content (AvgIpc) is 2.54. The van der Waals surface area contributed by atoms with Crippen molar-refractivity contribution in [2.24, 2.45) is 0 Å². The number of methoxy groups -OCH3 is 1. The molecule has 1 amide bonds. The van der Waals surface area contributed by atoms with E-state index in [0.717, 1.165) is 11.8 Å². The molecule has 5 nitrogen and oxygen atoms in total. The molecule has 0 radical (unpaired) electrons. The molecule has 2 rings (SSSR count). The summed E-state index contributed by atoms with van der Waals surface area (Å²) in [5, 5.41) is 3.20. The molecule has 2 aromatic rings. The van der Waals surface area contributed by atoms with Crippen molar-refractivity contribution in [3.05, 3.63) is 58.6 Å². The highest BCUT2D eigenvalue weighted by atomic mass is 35.5. The number of carbonyl (C=O) groups excluding carboxylic acids is 1. The van der Waals surface area contributed by atoms with Gasteiger partial charge in [0.2, 0.25) is 0 Å². The summed E-state index contributed by atoms with van der Waals surface area (Å²) < 4.78 is 28.0. The predicted octanol–water partition coefficient (Wildman–Crippen LogP) is 3.24. The van der Waals surface area contributed by atoms with Gasteiger partial charge in [-0.15, -0.1) is 0 Å². The Morgan fingerprint density at radius 3 is 2.29 bits per heavy atom. The van der Waals surface area contributed by atoms with Gasteiger partial charge in [-0.2, -0.15) is 0 Å². The molecular formula is C17H18ClNO4S. The van der Waals surface area contributed by atoms with Crippen molar-refractivity contribution < 1.29 is 17.9 Å². The molecule has 0 aliphatic carbocycles. The fourth-order valence-electron chi connectivity index (χ4n) is 2.17. The van der Waals surface area contributed by atoms with Crippen LogP contribution >= 0.6 is 11.6 Å². The zero-order chi connectivity index (χ0) is 17.9. The van der Waals surface area contributed by atoms with E-state index in [1.54, 1.807) is 24.3 Å². The van der Waals surface area contributed by atoms with Crippen LogP contribution < -0.4 is 10.1 Å². The normalized spacial score (nSPS) is 12.5. The lowest BCUT2D eigenvalue weighted by atomic mass is 10.1. The minimum Gasteiger partial charge on any atom is -0.495 e. The van der Waals surface area contributed by atoms with Gasteiger partial charge < -0.3 is 10.1 Å². The fourth-order valence-corrected chi connectivity index (χ4v) is 3.06. The minimum absolute atomic E-state index is 0.242. The van der Waals surface area contributed by atoms with Crippen molar-refractivity contribution in [1.82, 2.24) is 5.32 Å². The van der Waals surface area contributed by atoms with E-state index < -0.39 is 9.84 Å². The molecule has 1 atom stereocenters. The van der Waals surface area contributed by atoms with Crippen molar-refractivity contribution in [3.63, 3.8) is 0 Å². The topological polar surface area (TPSA) is 72.5 Å². The third-order valence-electron chi connectivity index (χ3n) is 3.57. The Labute approximate surface area is 146 Å². The Morgan fingerprint density at radius 2 is 1.79 bits per heavy atom. The third-order valence-corrected chi connectivity index (χ3v) is 4.99. The van der Waals surface area contributed by atoms with Gasteiger partial charge >= 0.3 is 0 Å². The standard InChI is InChI=1S/C17H18ClNO4S/c1-11(12-4-7-14(8-5-12)24(3,21)22)19-17(20)13-6-9-16(23-2)15(18)10-13/h4-11H,1-3H3,(H,19,20). The number of hydrogen-bond donors (Lipinski definition) is 1. The van der Waals surface area contributed by atoms with E-state index in [9.17, 15) is 13.2 Å². The molecule has 1 unspecified atom stereocenters. The van der Waals surface area contributed by atoms with E-state index in [0.29, 0.717) is 16.3 Å². The average molecular weight is 368 g/mol.